The minimum absolute atomic E-state index is 0.185. The third-order valence-electron chi connectivity index (χ3n) is 1.90. The van der Waals surface area contributed by atoms with Gasteiger partial charge in [0.05, 0.1) is 4.90 Å². The summed E-state index contributed by atoms with van der Waals surface area (Å²) in [4.78, 5) is 13.9. The van der Waals surface area contributed by atoms with Gasteiger partial charge in [-0.2, -0.15) is 0 Å². The first-order chi connectivity index (χ1) is 6.66. The van der Waals surface area contributed by atoms with Gasteiger partial charge in [0.1, 0.15) is 0 Å². The quantitative estimate of drug-likeness (QED) is 0.691. The molecule has 0 bridgehead atoms. The fraction of sp³-hybridized carbons (Fsp3) is 0. The van der Waals surface area contributed by atoms with Crippen LogP contribution in [-0.2, 0) is 11.1 Å². The van der Waals surface area contributed by atoms with Crippen molar-refractivity contribution in [3.63, 3.8) is 0 Å². The highest BCUT2D eigenvalue weighted by Gasteiger charge is 2.01. The average molecular weight is 209 g/mol. The third kappa shape index (κ3) is 1.59. The Morgan fingerprint density at radius 2 is 2.00 bits per heavy atom. The van der Waals surface area contributed by atoms with E-state index in [-0.39, 0.29) is 5.56 Å². The van der Waals surface area contributed by atoms with Crippen LogP contribution in [0.25, 0.3) is 10.9 Å². The van der Waals surface area contributed by atoms with Gasteiger partial charge in [-0.15, -0.1) is 0 Å². The minimum atomic E-state index is -1.98. The molecule has 1 heterocycles. The van der Waals surface area contributed by atoms with E-state index in [9.17, 15) is 9.00 Å². The largest absolute Gasteiger partial charge is 0.322 e. The molecule has 2 N–H and O–H groups in total. The molecular weight excluding hydrogens is 202 g/mol. The average Bonchev–Trinajstić information content (AvgIpc) is 2.16. The second-order valence-electron chi connectivity index (χ2n) is 2.82. The Labute approximate surface area is 81.9 Å². The van der Waals surface area contributed by atoms with Gasteiger partial charge in [0.2, 0.25) is 5.56 Å². The molecule has 0 amide bonds. The predicted molar refractivity (Wildman–Crippen MR) is 53.6 cm³/mol. The van der Waals surface area contributed by atoms with Crippen LogP contribution in [-0.4, -0.2) is 13.7 Å². The van der Waals surface area contributed by atoms with E-state index >= 15 is 0 Å². The number of aromatic amines is 1. The summed E-state index contributed by atoms with van der Waals surface area (Å²) >= 11 is -1.98. The lowest BCUT2D eigenvalue weighted by atomic mass is 10.2. The van der Waals surface area contributed by atoms with Gasteiger partial charge in [0.15, 0.2) is 11.1 Å². The van der Waals surface area contributed by atoms with Crippen molar-refractivity contribution in [3.8, 4) is 0 Å². The first-order valence-electron chi connectivity index (χ1n) is 3.91. The molecule has 0 aliphatic rings. The highest BCUT2D eigenvalue weighted by molar-refractivity contribution is 7.79. The topological polar surface area (TPSA) is 70.2 Å². The van der Waals surface area contributed by atoms with Crippen molar-refractivity contribution in [2.45, 2.75) is 4.90 Å². The molecule has 2 rings (SSSR count). The Morgan fingerprint density at radius 1 is 1.21 bits per heavy atom. The molecule has 0 aliphatic heterocycles. The van der Waals surface area contributed by atoms with Gasteiger partial charge in [-0.1, -0.05) is 0 Å². The van der Waals surface area contributed by atoms with Crippen LogP contribution in [0.2, 0.25) is 0 Å². The van der Waals surface area contributed by atoms with Crippen molar-refractivity contribution in [2.75, 3.05) is 0 Å². The molecule has 0 radical (unpaired) electrons. The summed E-state index contributed by atoms with van der Waals surface area (Å²) in [6, 6.07) is 7.69. The molecule has 5 heteroatoms. The molecule has 72 valence electrons. The van der Waals surface area contributed by atoms with Crippen molar-refractivity contribution in [3.05, 3.63) is 40.7 Å². The highest BCUT2D eigenvalue weighted by atomic mass is 32.2. The lowest BCUT2D eigenvalue weighted by Gasteiger charge is -1.98. The molecule has 2 aromatic rings. The predicted octanol–water partition coefficient (Wildman–Crippen LogP) is 1.11. The fourth-order valence-corrected chi connectivity index (χ4v) is 1.65. The van der Waals surface area contributed by atoms with Gasteiger partial charge in [0.25, 0.3) is 0 Å². The van der Waals surface area contributed by atoms with Crippen molar-refractivity contribution in [1.29, 1.82) is 0 Å². The molecular formula is C9H7NO3S. The highest BCUT2D eigenvalue weighted by Crippen LogP contribution is 2.13. The molecule has 0 fully saturated rings. The van der Waals surface area contributed by atoms with Crippen LogP contribution >= 0.6 is 0 Å². The van der Waals surface area contributed by atoms with E-state index in [1.807, 2.05) is 0 Å². The maximum atomic E-state index is 10.9. The number of aromatic nitrogens is 1. The molecule has 1 unspecified atom stereocenters. The number of nitrogens with one attached hydrogen (secondary N) is 1. The first kappa shape index (κ1) is 9.11. The smallest absolute Gasteiger partial charge is 0.248 e. The van der Waals surface area contributed by atoms with E-state index in [0.717, 1.165) is 5.39 Å². The van der Waals surface area contributed by atoms with Crippen molar-refractivity contribution >= 4 is 22.0 Å². The molecule has 1 aromatic heterocycles. The van der Waals surface area contributed by atoms with Crippen LogP contribution in [0.1, 0.15) is 0 Å². The van der Waals surface area contributed by atoms with Gasteiger partial charge >= 0.3 is 0 Å². The summed E-state index contributed by atoms with van der Waals surface area (Å²) in [5.41, 5.74) is 0.474. The number of hydrogen-bond acceptors (Lipinski definition) is 2. The van der Waals surface area contributed by atoms with Crippen molar-refractivity contribution in [2.24, 2.45) is 0 Å². The number of rotatable bonds is 1. The van der Waals surface area contributed by atoms with Crippen LogP contribution in [0.4, 0.5) is 0 Å². The van der Waals surface area contributed by atoms with Crippen molar-refractivity contribution in [1.82, 2.24) is 4.98 Å². The molecule has 1 aromatic carbocycles. The van der Waals surface area contributed by atoms with Gasteiger partial charge in [0, 0.05) is 11.6 Å². The normalized spacial score (nSPS) is 12.9. The molecule has 14 heavy (non-hydrogen) atoms. The Bertz CT molecular complexity index is 561. The summed E-state index contributed by atoms with van der Waals surface area (Å²) in [5, 5.41) is 0.740. The fourth-order valence-electron chi connectivity index (χ4n) is 1.24. The summed E-state index contributed by atoms with van der Waals surface area (Å²) in [6.07, 6.45) is 0. The zero-order valence-electron chi connectivity index (χ0n) is 7.06. The second-order valence-corrected chi connectivity index (χ2v) is 3.79. The molecule has 0 spiro atoms. The van der Waals surface area contributed by atoms with Gasteiger partial charge < -0.3 is 9.54 Å². The van der Waals surface area contributed by atoms with E-state index in [1.54, 1.807) is 18.2 Å². The number of fused-ring (bicyclic) bond motifs is 1. The molecule has 0 aliphatic carbocycles. The Hall–Kier alpha value is -1.46. The van der Waals surface area contributed by atoms with E-state index in [1.165, 1.54) is 12.1 Å². The van der Waals surface area contributed by atoms with Crippen LogP contribution in [0.5, 0.6) is 0 Å². The Balaban J connectivity index is 2.73. The third-order valence-corrected chi connectivity index (χ3v) is 2.55. The number of benzene rings is 1. The second kappa shape index (κ2) is 3.36. The summed E-state index contributed by atoms with van der Waals surface area (Å²) < 4.78 is 19.6. The van der Waals surface area contributed by atoms with Crippen molar-refractivity contribution < 1.29 is 8.76 Å². The summed E-state index contributed by atoms with van der Waals surface area (Å²) in [7, 11) is 0. The lowest BCUT2D eigenvalue weighted by molar-refractivity contribution is 0.564. The first-order valence-corrected chi connectivity index (χ1v) is 5.01. The Morgan fingerprint density at radius 3 is 2.71 bits per heavy atom. The van der Waals surface area contributed by atoms with Crippen LogP contribution in [0.15, 0.2) is 40.0 Å². The van der Waals surface area contributed by atoms with Gasteiger partial charge in [-0.25, -0.2) is 4.21 Å². The van der Waals surface area contributed by atoms with Crippen LogP contribution in [0, 0.1) is 0 Å². The number of pyridine rings is 1. The minimum Gasteiger partial charge on any atom is -0.322 e. The van der Waals surface area contributed by atoms with E-state index in [4.69, 9.17) is 4.55 Å². The lowest BCUT2D eigenvalue weighted by Crippen LogP contribution is -2.02. The van der Waals surface area contributed by atoms with E-state index in [0.29, 0.717) is 10.4 Å². The zero-order chi connectivity index (χ0) is 10.1. The number of H-pyrrole nitrogens is 1. The van der Waals surface area contributed by atoms with E-state index in [2.05, 4.69) is 4.98 Å². The zero-order valence-corrected chi connectivity index (χ0v) is 7.88. The maximum Gasteiger partial charge on any atom is 0.248 e. The summed E-state index contributed by atoms with van der Waals surface area (Å²) in [5.74, 6) is 0. The molecule has 0 saturated heterocycles. The summed E-state index contributed by atoms with van der Waals surface area (Å²) in [6.45, 7) is 0. The van der Waals surface area contributed by atoms with Gasteiger partial charge in [-0.3, -0.25) is 4.79 Å². The molecule has 4 nitrogen and oxygen atoms in total. The van der Waals surface area contributed by atoms with E-state index < -0.39 is 11.1 Å². The Kier molecular flexibility index (Phi) is 2.18. The van der Waals surface area contributed by atoms with Crippen LogP contribution < -0.4 is 5.56 Å². The maximum absolute atomic E-state index is 10.9. The standard InChI is InChI=1S/C9H7NO3S/c11-9-4-1-6-5-7(14(12)13)2-3-8(6)10-9/h1-5H,(H,10,11)(H,12,13). The number of hydrogen-bond donors (Lipinski definition) is 2. The monoisotopic (exact) mass is 209 g/mol. The van der Waals surface area contributed by atoms with Crippen LogP contribution in [0.3, 0.4) is 0 Å². The van der Waals surface area contributed by atoms with Gasteiger partial charge in [-0.05, 0) is 29.7 Å². The molecule has 0 saturated carbocycles. The molecule has 1 atom stereocenters. The SMILES string of the molecule is O=c1ccc2cc(S(=O)O)ccc2[nH]1.